The van der Waals surface area contributed by atoms with Crippen molar-refractivity contribution in [1.82, 2.24) is 10.2 Å². The monoisotopic (exact) mass is 172 g/mol. The van der Waals surface area contributed by atoms with Crippen LogP contribution in [-0.4, -0.2) is 37.6 Å². The fraction of sp³-hybridized carbons (Fsp3) is 1.00. The Kier molecular flexibility index (Phi) is 6.39. The normalized spacial score (nSPS) is 16.5. The second-order valence-electron chi connectivity index (χ2n) is 3.54. The van der Waals surface area contributed by atoms with Crippen LogP contribution in [0.2, 0.25) is 0 Å². The van der Waals surface area contributed by atoms with Gasteiger partial charge in [0.25, 0.3) is 0 Å². The highest BCUT2D eigenvalue weighted by molar-refractivity contribution is 4.73. The molecular formula is C10H24N2. The van der Waals surface area contributed by atoms with Crippen LogP contribution >= 0.6 is 0 Å². The summed E-state index contributed by atoms with van der Waals surface area (Å²) in [4.78, 5) is 2.47. The molecule has 2 nitrogen and oxygen atoms in total. The second kappa shape index (κ2) is 6.44. The van der Waals surface area contributed by atoms with E-state index in [4.69, 9.17) is 0 Å². The van der Waals surface area contributed by atoms with Crippen molar-refractivity contribution in [2.24, 2.45) is 0 Å². The zero-order chi connectivity index (χ0) is 9.56. The van der Waals surface area contributed by atoms with Gasteiger partial charge in [0.1, 0.15) is 0 Å². The van der Waals surface area contributed by atoms with Gasteiger partial charge < -0.3 is 5.32 Å². The Bertz CT molecular complexity index is 104. The van der Waals surface area contributed by atoms with Crippen LogP contribution in [0.15, 0.2) is 0 Å². The number of likely N-dealkylation sites (N-methyl/N-ethyl adjacent to an activating group) is 2. The predicted octanol–water partition coefficient (Wildman–Crippen LogP) is 1.71. The van der Waals surface area contributed by atoms with Crippen molar-refractivity contribution in [1.29, 1.82) is 0 Å². The van der Waals surface area contributed by atoms with Gasteiger partial charge in [0.15, 0.2) is 0 Å². The molecule has 0 saturated carbocycles. The molecule has 0 aliphatic rings. The van der Waals surface area contributed by atoms with Gasteiger partial charge in [0.05, 0.1) is 0 Å². The Balaban J connectivity index is 3.91. The van der Waals surface area contributed by atoms with Gasteiger partial charge in [0.2, 0.25) is 0 Å². The molecule has 0 radical (unpaired) electrons. The molecule has 0 aromatic carbocycles. The molecule has 2 unspecified atom stereocenters. The predicted molar refractivity (Wildman–Crippen MR) is 55.5 cm³/mol. The molecule has 74 valence electrons. The number of hydrogen-bond donors (Lipinski definition) is 1. The molecule has 0 fully saturated rings. The van der Waals surface area contributed by atoms with E-state index in [-0.39, 0.29) is 0 Å². The number of hydrogen-bond acceptors (Lipinski definition) is 2. The quantitative estimate of drug-likeness (QED) is 0.656. The Labute approximate surface area is 77.3 Å². The lowest BCUT2D eigenvalue weighted by Gasteiger charge is -2.31. The first-order valence-electron chi connectivity index (χ1n) is 5.03. The van der Waals surface area contributed by atoms with Crippen molar-refractivity contribution in [2.75, 3.05) is 20.6 Å². The molecule has 0 rings (SSSR count). The van der Waals surface area contributed by atoms with Crippen LogP contribution in [0.4, 0.5) is 0 Å². The summed E-state index contributed by atoms with van der Waals surface area (Å²) >= 11 is 0. The van der Waals surface area contributed by atoms with E-state index in [0.717, 1.165) is 6.54 Å². The summed E-state index contributed by atoms with van der Waals surface area (Å²) in [6, 6.07) is 1.38. The molecule has 0 aliphatic heterocycles. The summed E-state index contributed by atoms with van der Waals surface area (Å²) in [7, 11) is 4.24. The Morgan fingerprint density at radius 3 is 2.17 bits per heavy atom. The second-order valence-corrected chi connectivity index (χ2v) is 3.54. The van der Waals surface area contributed by atoms with Gasteiger partial charge in [-0.3, -0.25) is 4.90 Å². The van der Waals surface area contributed by atoms with Crippen LogP contribution in [0.1, 0.15) is 33.6 Å². The lowest BCUT2D eigenvalue weighted by molar-refractivity contribution is 0.173. The highest BCUT2D eigenvalue weighted by Gasteiger charge is 2.15. The van der Waals surface area contributed by atoms with E-state index >= 15 is 0 Å². The lowest BCUT2D eigenvalue weighted by atomic mass is 10.1. The maximum atomic E-state index is 3.24. The molecule has 12 heavy (non-hydrogen) atoms. The fourth-order valence-electron chi connectivity index (χ4n) is 1.46. The number of rotatable bonds is 6. The topological polar surface area (TPSA) is 15.3 Å². The largest absolute Gasteiger partial charge is 0.318 e. The molecule has 0 aromatic heterocycles. The first-order valence-corrected chi connectivity index (χ1v) is 5.03. The highest BCUT2D eigenvalue weighted by Crippen LogP contribution is 2.07. The lowest BCUT2D eigenvalue weighted by Crippen LogP contribution is -2.43. The van der Waals surface area contributed by atoms with Crippen molar-refractivity contribution in [3.63, 3.8) is 0 Å². The van der Waals surface area contributed by atoms with Crippen LogP contribution < -0.4 is 5.32 Å². The van der Waals surface area contributed by atoms with Crippen molar-refractivity contribution in [3.8, 4) is 0 Å². The minimum atomic E-state index is 0.685. The minimum absolute atomic E-state index is 0.685. The standard InChI is InChI=1S/C10H24N2/c1-6-9(3)12(5)10(7-2)8-11-4/h9-11H,6-8H2,1-5H3. The summed E-state index contributed by atoms with van der Waals surface area (Å²) in [5.41, 5.74) is 0. The Morgan fingerprint density at radius 1 is 1.25 bits per heavy atom. The van der Waals surface area contributed by atoms with Crippen molar-refractivity contribution < 1.29 is 0 Å². The molecule has 2 atom stereocenters. The van der Waals surface area contributed by atoms with E-state index < -0.39 is 0 Å². The summed E-state index contributed by atoms with van der Waals surface area (Å²) in [6.07, 6.45) is 2.46. The maximum absolute atomic E-state index is 3.24. The zero-order valence-corrected chi connectivity index (χ0v) is 9.22. The molecule has 0 heterocycles. The molecule has 0 spiro atoms. The molecule has 0 aliphatic carbocycles. The Hall–Kier alpha value is -0.0800. The van der Waals surface area contributed by atoms with Crippen LogP contribution in [0.25, 0.3) is 0 Å². The first-order chi connectivity index (χ1) is 5.67. The average Bonchev–Trinajstić information content (AvgIpc) is 2.11. The van der Waals surface area contributed by atoms with Gasteiger partial charge in [-0.15, -0.1) is 0 Å². The summed E-state index contributed by atoms with van der Waals surface area (Å²) in [5, 5.41) is 3.24. The van der Waals surface area contributed by atoms with E-state index in [1.807, 2.05) is 7.05 Å². The molecule has 0 aromatic rings. The van der Waals surface area contributed by atoms with E-state index in [1.54, 1.807) is 0 Å². The van der Waals surface area contributed by atoms with Crippen LogP contribution in [-0.2, 0) is 0 Å². The van der Waals surface area contributed by atoms with Crippen LogP contribution in [0.3, 0.4) is 0 Å². The van der Waals surface area contributed by atoms with E-state index in [1.165, 1.54) is 12.8 Å². The summed E-state index contributed by atoms with van der Waals surface area (Å²) < 4.78 is 0. The molecule has 1 N–H and O–H groups in total. The van der Waals surface area contributed by atoms with E-state index in [2.05, 4.69) is 38.0 Å². The van der Waals surface area contributed by atoms with Crippen molar-refractivity contribution in [3.05, 3.63) is 0 Å². The third-order valence-electron chi connectivity index (χ3n) is 2.77. The zero-order valence-electron chi connectivity index (χ0n) is 9.22. The number of nitrogens with zero attached hydrogens (tertiary/aromatic N) is 1. The highest BCUT2D eigenvalue weighted by atomic mass is 15.2. The average molecular weight is 172 g/mol. The summed E-state index contributed by atoms with van der Waals surface area (Å²) in [6.45, 7) is 7.88. The smallest absolute Gasteiger partial charge is 0.0217 e. The third-order valence-corrected chi connectivity index (χ3v) is 2.77. The molecule has 2 heteroatoms. The van der Waals surface area contributed by atoms with E-state index in [0.29, 0.717) is 12.1 Å². The van der Waals surface area contributed by atoms with Crippen LogP contribution in [0, 0.1) is 0 Å². The SMILES string of the molecule is CCC(C)N(C)C(CC)CNC. The van der Waals surface area contributed by atoms with Gasteiger partial charge >= 0.3 is 0 Å². The summed E-state index contributed by atoms with van der Waals surface area (Å²) in [5.74, 6) is 0. The molecule has 0 saturated heterocycles. The van der Waals surface area contributed by atoms with Crippen molar-refractivity contribution >= 4 is 0 Å². The molecule has 0 bridgehead atoms. The van der Waals surface area contributed by atoms with Crippen LogP contribution in [0.5, 0.6) is 0 Å². The van der Waals surface area contributed by atoms with Gasteiger partial charge in [-0.05, 0) is 33.9 Å². The minimum Gasteiger partial charge on any atom is -0.318 e. The van der Waals surface area contributed by atoms with Gasteiger partial charge in [-0.1, -0.05) is 13.8 Å². The first kappa shape index (κ1) is 11.9. The fourth-order valence-corrected chi connectivity index (χ4v) is 1.46. The van der Waals surface area contributed by atoms with E-state index in [9.17, 15) is 0 Å². The Morgan fingerprint density at radius 2 is 1.83 bits per heavy atom. The maximum Gasteiger partial charge on any atom is 0.0217 e. The number of nitrogens with one attached hydrogen (secondary N) is 1. The molecular weight excluding hydrogens is 148 g/mol. The van der Waals surface area contributed by atoms with Gasteiger partial charge in [0, 0.05) is 18.6 Å². The third kappa shape index (κ3) is 3.55. The van der Waals surface area contributed by atoms with Gasteiger partial charge in [-0.2, -0.15) is 0 Å². The van der Waals surface area contributed by atoms with Gasteiger partial charge in [-0.25, -0.2) is 0 Å². The van der Waals surface area contributed by atoms with Crippen molar-refractivity contribution in [2.45, 2.75) is 45.7 Å². The molecule has 0 amide bonds.